The summed E-state index contributed by atoms with van der Waals surface area (Å²) in [5, 5.41) is 0. The molecule has 1 aliphatic rings. The first kappa shape index (κ1) is 15.4. The Balaban J connectivity index is 2.30. The van der Waals surface area contributed by atoms with Gasteiger partial charge in [0, 0.05) is 25.6 Å². The van der Waals surface area contributed by atoms with Crippen LogP contribution in [0.2, 0.25) is 0 Å². The number of carbonyl (C=O) groups is 1. The fourth-order valence-corrected chi connectivity index (χ4v) is 2.65. The molecule has 1 aliphatic carbocycles. The molecule has 0 atom stereocenters. The third kappa shape index (κ3) is 3.95. The molecule has 1 saturated carbocycles. The summed E-state index contributed by atoms with van der Waals surface area (Å²) >= 11 is 0. The van der Waals surface area contributed by atoms with Gasteiger partial charge in [0.1, 0.15) is 0 Å². The van der Waals surface area contributed by atoms with E-state index >= 15 is 0 Å². The molecule has 4 nitrogen and oxygen atoms in total. The van der Waals surface area contributed by atoms with E-state index in [9.17, 15) is 4.79 Å². The summed E-state index contributed by atoms with van der Waals surface area (Å²) in [7, 11) is 6.19. The average molecular weight is 255 g/mol. The number of hydrogen-bond acceptors (Lipinski definition) is 3. The van der Waals surface area contributed by atoms with Crippen molar-refractivity contribution in [3.05, 3.63) is 0 Å². The predicted octanol–water partition coefficient (Wildman–Crippen LogP) is 1.45. The maximum absolute atomic E-state index is 12.0. The van der Waals surface area contributed by atoms with Crippen LogP contribution in [0.15, 0.2) is 0 Å². The second-order valence-corrected chi connectivity index (χ2v) is 5.82. The largest absolute Gasteiger partial charge is 0.344 e. The highest BCUT2D eigenvalue weighted by molar-refractivity contribution is 5.75. The van der Waals surface area contributed by atoms with Gasteiger partial charge < -0.3 is 15.5 Å². The third-order valence-corrected chi connectivity index (χ3v) is 4.28. The Labute approximate surface area is 111 Å². The van der Waals surface area contributed by atoms with Crippen molar-refractivity contribution in [3.8, 4) is 0 Å². The summed E-state index contributed by atoms with van der Waals surface area (Å²) in [6.07, 6.45) is 7.44. The SMILES string of the molecule is CN(CC1(N(C)C)CCC1)C(=O)CCCCCN. The molecular formula is C14H29N3O. The van der Waals surface area contributed by atoms with Crippen LogP contribution in [0.25, 0.3) is 0 Å². The maximum Gasteiger partial charge on any atom is 0.222 e. The Kier molecular flexibility index (Phi) is 6.09. The smallest absolute Gasteiger partial charge is 0.222 e. The van der Waals surface area contributed by atoms with Crippen LogP contribution in [0, 0.1) is 0 Å². The number of carbonyl (C=O) groups excluding carboxylic acids is 1. The van der Waals surface area contributed by atoms with E-state index in [4.69, 9.17) is 5.73 Å². The standard InChI is InChI=1S/C14H29N3O/c1-16(2)14(9-7-10-14)12-17(3)13(18)8-5-4-6-11-15/h4-12,15H2,1-3H3. The Morgan fingerprint density at radius 3 is 2.28 bits per heavy atom. The molecule has 0 unspecified atom stereocenters. The monoisotopic (exact) mass is 255 g/mol. The molecule has 0 saturated heterocycles. The minimum absolute atomic E-state index is 0.238. The van der Waals surface area contributed by atoms with Crippen molar-refractivity contribution < 1.29 is 4.79 Å². The van der Waals surface area contributed by atoms with Crippen LogP contribution in [0.1, 0.15) is 44.9 Å². The minimum atomic E-state index is 0.238. The van der Waals surface area contributed by atoms with Gasteiger partial charge in [-0.3, -0.25) is 4.79 Å². The number of hydrogen-bond donors (Lipinski definition) is 1. The van der Waals surface area contributed by atoms with E-state index in [2.05, 4.69) is 19.0 Å². The van der Waals surface area contributed by atoms with Crippen LogP contribution in [0.4, 0.5) is 0 Å². The first-order valence-electron chi connectivity index (χ1n) is 7.13. The van der Waals surface area contributed by atoms with Crippen molar-refractivity contribution in [2.75, 3.05) is 34.2 Å². The summed E-state index contributed by atoms with van der Waals surface area (Å²) in [6.45, 7) is 1.60. The fourth-order valence-electron chi connectivity index (χ4n) is 2.65. The van der Waals surface area contributed by atoms with Crippen LogP contribution >= 0.6 is 0 Å². The molecule has 0 bridgehead atoms. The van der Waals surface area contributed by atoms with E-state index in [1.165, 1.54) is 19.3 Å². The van der Waals surface area contributed by atoms with Crippen LogP contribution in [-0.4, -0.2) is 55.5 Å². The Bertz CT molecular complexity index is 262. The first-order valence-corrected chi connectivity index (χ1v) is 7.13. The number of unbranched alkanes of at least 4 members (excludes halogenated alkanes) is 2. The van der Waals surface area contributed by atoms with Gasteiger partial charge >= 0.3 is 0 Å². The van der Waals surface area contributed by atoms with Crippen molar-refractivity contribution in [3.63, 3.8) is 0 Å². The highest BCUT2D eigenvalue weighted by atomic mass is 16.2. The Hall–Kier alpha value is -0.610. The molecule has 0 aliphatic heterocycles. The van der Waals surface area contributed by atoms with Crippen molar-refractivity contribution in [2.24, 2.45) is 5.73 Å². The van der Waals surface area contributed by atoms with E-state index < -0.39 is 0 Å². The quantitative estimate of drug-likeness (QED) is 0.668. The predicted molar refractivity (Wildman–Crippen MR) is 75.4 cm³/mol. The van der Waals surface area contributed by atoms with Gasteiger partial charge in [0.2, 0.25) is 5.91 Å². The number of nitrogens with two attached hydrogens (primary N) is 1. The van der Waals surface area contributed by atoms with Crippen molar-refractivity contribution in [2.45, 2.75) is 50.5 Å². The van der Waals surface area contributed by atoms with Crippen molar-refractivity contribution >= 4 is 5.91 Å². The maximum atomic E-state index is 12.0. The van der Waals surface area contributed by atoms with Gasteiger partial charge in [-0.1, -0.05) is 6.42 Å². The number of rotatable bonds is 8. The zero-order valence-corrected chi connectivity index (χ0v) is 12.2. The van der Waals surface area contributed by atoms with Crippen LogP contribution < -0.4 is 5.73 Å². The first-order chi connectivity index (χ1) is 8.52. The second-order valence-electron chi connectivity index (χ2n) is 5.82. The molecule has 18 heavy (non-hydrogen) atoms. The highest BCUT2D eigenvalue weighted by Gasteiger charge is 2.40. The van der Waals surface area contributed by atoms with E-state index in [-0.39, 0.29) is 11.4 Å². The number of amides is 1. The van der Waals surface area contributed by atoms with Gasteiger partial charge in [0.25, 0.3) is 0 Å². The van der Waals surface area contributed by atoms with E-state index in [1.807, 2.05) is 11.9 Å². The highest BCUT2D eigenvalue weighted by Crippen LogP contribution is 2.36. The van der Waals surface area contributed by atoms with Gasteiger partial charge in [-0.15, -0.1) is 0 Å². The van der Waals surface area contributed by atoms with Gasteiger partial charge in [-0.2, -0.15) is 0 Å². The molecule has 1 fully saturated rings. The lowest BCUT2D eigenvalue weighted by Crippen LogP contribution is -2.57. The van der Waals surface area contributed by atoms with E-state index in [0.29, 0.717) is 6.42 Å². The average Bonchev–Trinajstić information content (AvgIpc) is 2.28. The van der Waals surface area contributed by atoms with E-state index in [0.717, 1.165) is 32.4 Å². The summed E-state index contributed by atoms with van der Waals surface area (Å²) in [4.78, 5) is 16.2. The van der Waals surface area contributed by atoms with E-state index in [1.54, 1.807) is 0 Å². The zero-order chi connectivity index (χ0) is 13.6. The Morgan fingerprint density at radius 1 is 1.17 bits per heavy atom. The molecule has 2 N–H and O–H groups in total. The lowest BCUT2D eigenvalue weighted by atomic mass is 9.75. The third-order valence-electron chi connectivity index (χ3n) is 4.28. The molecule has 0 spiro atoms. The molecule has 1 rings (SSSR count). The number of likely N-dealkylation sites (N-methyl/N-ethyl adjacent to an activating group) is 2. The molecule has 0 aromatic heterocycles. The second kappa shape index (κ2) is 7.10. The zero-order valence-electron chi connectivity index (χ0n) is 12.2. The fraction of sp³-hybridized carbons (Fsp3) is 0.929. The van der Waals surface area contributed by atoms with Crippen LogP contribution in [-0.2, 0) is 4.79 Å². The Morgan fingerprint density at radius 2 is 1.83 bits per heavy atom. The summed E-state index contributed by atoms with van der Waals surface area (Å²) in [5.74, 6) is 0.278. The molecular weight excluding hydrogens is 226 g/mol. The van der Waals surface area contributed by atoms with Gasteiger partial charge in [0.05, 0.1) is 0 Å². The summed E-state index contributed by atoms with van der Waals surface area (Å²) in [6, 6.07) is 0. The lowest BCUT2D eigenvalue weighted by molar-refractivity contribution is -0.132. The lowest BCUT2D eigenvalue weighted by Gasteiger charge is -2.49. The molecule has 1 amide bonds. The molecule has 0 aromatic carbocycles. The summed E-state index contributed by atoms with van der Waals surface area (Å²) in [5.41, 5.74) is 5.68. The summed E-state index contributed by atoms with van der Waals surface area (Å²) < 4.78 is 0. The van der Waals surface area contributed by atoms with Gasteiger partial charge in [-0.25, -0.2) is 0 Å². The molecule has 0 radical (unpaired) electrons. The van der Waals surface area contributed by atoms with Gasteiger partial charge in [-0.05, 0) is 52.7 Å². The van der Waals surface area contributed by atoms with Crippen molar-refractivity contribution in [1.82, 2.24) is 9.80 Å². The minimum Gasteiger partial charge on any atom is -0.344 e. The molecule has 4 heteroatoms. The molecule has 106 valence electrons. The number of nitrogens with zero attached hydrogens (tertiary/aromatic N) is 2. The topological polar surface area (TPSA) is 49.6 Å². The molecule has 0 aromatic rings. The van der Waals surface area contributed by atoms with Gasteiger partial charge in [0.15, 0.2) is 0 Å². The molecule has 0 heterocycles. The van der Waals surface area contributed by atoms with Crippen LogP contribution in [0.3, 0.4) is 0 Å². The normalized spacial score (nSPS) is 17.6. The van der Waals surface area contributed by atoms with Crippen LogP contribution in [0.5, 0.6) is 0 Å². The van der Waals surface area contributed by atoms with Crippen molar-refractivity contribution in [1.29, 1.82) is 0 Å².